The van der Waals surface area contributed by atoms with Crippen LogP contribution in [0.2, 0.25) is 0 Å². The van der Waals surface area contributed by atoms with Crippen molar-refractivity contribution in [1.82, 2.24) is 4.57 Å². The van der Waals surface area contributed by atoms with Gasteiger partial charge >= 0.3 is 0 Å². The molecular formula is C21H25ClN2. The minimum absolute atomic E-state index is 0.486. The van der Waals surface area contributed by atoms with Gasteiger partial charge in [0.05, 0.1) is 0 Å². The maximum atomic E-state index is 9.28. The number of nitrogens with zero attached hydrogens (tertiary/aromatic N) is 2. The summed E-state index contributed by atoms with van der Waals surface area (Å²) in [5, 5.41) is 9.28. The maximum Gasteiger partial charge on any atom is 0.121 e. The minimum atomic E-state index is 0.486. The fraction of sp³-hybridized carbons (Fsp3) is 0.286. The molecule has 2 rings (SSSR count). The molecule has 126 valence electrons. The third kappa shape index (κ3) is 4.63. The fourth-order valence-electron chi connectivity index (χ4n) is 2.31. The Bertz CT molecular complexity index is 789. The van der Waals surface area contributed by atoms with Gasteiger partial charge in [0, 0.05) is 24.2 Å². The van der Waals surface area contributed by atoms with Gasteiger partial charge < -0.3 is 4.57 Å². The van der Waals surface area contributed by atoms with Crippen LogP contribution >= 0.6 is 11.6 Å². The first-order valence-electron chi connectivity index (χ1n) is 7.87. The number of nitriles is 1. The number of hydrogen-bond donors (Lipinski definition) is 0. The quantitative estimate of drug-likeness (QED) is 0.496. The smallest absolute Gasteiger partial charge is 0.121 e. The molecule has 1 aromatic carbocycles. The average Bonchev–Trinajstić information content (AvgIpc) is 2.87. The van der Waals surface area contributed by atoms with E-state index >= 15 is 0 Å². The summed E-state index contributed by atoms with van der Waals surface area (Å²) in [5.41, 5.74) is 7.46. The molecule has 0 bridgehead atoms. The van der Waals surface area contributed by atoms with Gasteiger partial charge in [-0.1, -0.05) is 29.8 Å². The van der Waals surface area contributed by atoms with Gasteiger partial charge in [-0.15, -0.1) is 18.2 Å². The number of aromatic nitrogens is 1. The number of allylic oxidation sites excluding steroid dienone is 2. The number of halogens is 1. The first kappa shape index (κ1) is 19.8. The van der Waals surface area contributed by atoms with Gasteiger partial charge in [0.2, 0.25) is 0 Å². The van der Waals surface area contributed by atoms with Crippen LogP contribution in [-0.2, 0) is 7.05 Å². The summed E-state index contributed by atoms with van der Waals surface area (Å²) in [5.74, 6) is 0.486. The Morgan fingerprint density at radius 1 is 1.29 bits per heavy atom. The summed E-state index contributed by atoms with van der Waals surface area (Å²) < 4.78 is 1.92. The zero-order valence-electron chi connectivity index (χ0n) is 15.2. The van der Waals surface area contributed by atoms with Crippen LogP contribution in [0.1, 0.15) is 36.4 Å². The van der Waals surface area contributed by atoms with Crippen molar-refractivity contribution >= 4 is 17.7 Å². The van der Waals surface area contributed by atoms with Gasteiger partial charge in [-0.2, -0.15) is 5.26 Å². The molecule has 0 aliphatic carbocycles. The lowest BCUT2D eigenvalue weighted by molar-refractivity contribution is 0.896. The molecule has 0 spiro atoms. The first-order chi connectivity index (χ1) is 11.4. The van der Waals surface area contributed by atoms with Crippen molar-refractivity contribution in [3.8, 4) is 17.2 Å². The fourth-order valence-corrected chi connectivity index (χ4v) is 2.39. The number of benzene rings is 1. The molecule has 24 heavy (non-hydrogen) atoms. The second-order valence-corrected chi connectivity index (χ2v) is 6.10. The largest absolute Gasteiger partial charge is 0.335 e. The number of alkyl halides is 1. The van der Waals surface area contributed by atoms with Crippen molar-refractivity contribution in [3.05, 3.63) is 65.0 Å². The van der Waals surface area contributed by atoms with Crippen LogP contribution in [0.25, 0.3) is 17.2 Å². The van der Waals surface area contributed by atoms with Gasteiger partial charge in [-0.05, 0) is 56.5 Å². The zero-order valence-corrected chi connectivity index (χ0v) is 15.9. The van der Waals surface area contributed by atoms with E-state index in [9.17, 15) is 5.26 Å². The average molecular weight is 341 g/mol. The number of aryl methyl sites for hydroxylation is 2. The maximum absolute atomic E-state index is 9.28. The van der Waals surface area contributed by atoms with E-state index in [-0.39, 0.29) is 0 Å². The first-order valence-corrected chi connectivity index (χ1v) is 8.40. The number of hydrogen-bond acceptors (Lipinski definition) is 1. The van der Waals surface area contributed by atoms with Crippen LogP contribution in [0.15, 0.2) is 42.5 Å². The van der Waals surface area contributed by atoms with Crippen molar-refractivity contribution in [2.24, 2.45) is 7.05 Å². The highest BCUT2D eigenvalue weighted by Crippen LogP contribution is 2.30. The molecule has 0 N–H and O–H groups in total. The summed E-state index contributed by atoms with van der Waals surface area (Å²) in [6, 6.07) is 10.6. The molecule has 0 radical (unpaired) electrons. The van der Waals surface area contributed by atoms with Crippen molar-refractivity contribution in [2.45, 2.75) is 27.7 Å². The van der Waals surface area contributed by atoms with Crippen molar-refractivity contribution < 1.29 is 0 Å². The van der Waals surface area contributed by atoms with E-state index in [0.29, 0.717) is 11.6 Å². The molecule has 2 aromatic rings. The van der Waals surface area contributed by atoms with E-state index in [4.69, 9.17) is 11.6 Å². The molecule has 3 heteroatoms. The molecular weight excluding hydrogens is 316 g/mol. The van der Waals surface area contributed by atoms with Crippen LogP contribution in [0.4, 0.5) is 0 Å². The van der Waals surface area contributed by atoms with E-state index in [1.54, 1.807) is 6.08 Å². The van der Waals surface area contributed by atoms with Crippen LogP contribution in [0.3, 0.4) is 0 Å². The Kier molecular flexibility index (Phi) is 7.55. The van der Waals surface area contributed by atoms with Gasteiger partial charge in [0.1, 0.15) is 11.8 Å². The van der Waals surface area contributed by atoms with Gasteiger partial charge in [-0.3, -0.25) is 0 Å². The molecule has 0 saturated carbocycles. The highest BCUT2D eigenvalue weighted by Gasteiger charge is 2.13. The summed E-state index contributed by atoms with van der Waals surface area (Å²) in [6.07, 6.45) is 3.80. The van der Waals surface area contributed by atoms with Crippen LogP contribution in [-0.4, -0.2) is 10.4 Å². The van der Waals surface area contributed by atoms with Crippen LogP contribution in [0, 0.1) is 25.2 Å². The lowest BCUT2D eigenvalue weighted by Crippen LogP contribution is -1.96. The van der Waals surface area contributed by atoms with Gasteiger partial charge in [0.15, 0.2) is 0 Å². The van der Waals surface area contributed by atoms with E-state index in [1.807, 2.05) is 31.5 Å². The Labute approximate surface area is 150 Å². The van der Waals surface area contributed by atoms with Crippen molar-refractivity contribution in [2.75, 3.05) is 5.88 Å². The zero-order chi connectivity index (χ0) is 18.3. The molecule has 2 nitrogen and oxygen atoms in total. The van der Waals surface area contributed by atoms with Crippen LogP contribution < -0.4 is 0 Å². The lowest BCUT2D eigenvalue weighted by Gasteiger charge is -2.07. The predicted octanol–water partition coefficient (Wildman–Crippen LogP) is 6.02. The number of rotatable bonds is 3. The molecule has 1 heterocycles. The van der Waals surface area contributed by atoms with Crippen molar-refractivity contribution in [3.63, 3.8) is 0 Å². The van der Waals surface area contributed by atoms with E-state index < -0.39 is 0 Å². The third-order valence-electron chi connectivity index (χ3n) is 3.81. The monoisotopic (exact) mass is 340 g/mol. The Morgan fingerprint density at radius 2 is 1.92 bits per heavy atom. The Balaban J connectivity index is 0.000000891. The summed E-state index contributed by atoms with van der Waals surface area (Å²) in [6.45, 7) is 11.5. The topological polar surface area (TPSA) is 28.7 Å². The normalized spacial score (nSPS) is 10.6. The Morgan fingerprint density at radius 3 is 2.42 bits per heavy atom. The van der Waals surface area contributed by atoms with E-state index in [1.165, 1.54) is 11.1 Å². The molecule has 0 aliphatic rings. The second-order valence-electron chi connectivity index (χ2n) is 5.83. The highest BCUT2D eigenvalue weighted by atomic mass is 35.5. The molecule has 1 aromatic heterocycles. The molecule has 0 atom stereocenters. The highest BCUT2D eigenvalue weighted by molar-refractivity contribution is 6.19. The Hall–Kier alpha value is -2.24. The van der Waals surface area contributed by atoms with Crippen molar-refractivity contribution in [1.29, 1.82) is 5.26 Å². The van der Waals surface area contributed by atoms with Gasteiger partial charge in [0.25, 0.3) is 0 Å². The minimum Gasteiger partial charge on any atom is -0.335 e. The second kappa shape index (κ2) is 9.15. The summed E-state index contributed by atoms with van der Waals surface area (Å²) in [7, 11) is 1.91. The standard InChI is InChI=1S/C18H19ClN2.C3H6/c1-12(10-19)7-18-17(9-16(11-20)21(18)4)15-6-5-13(2)14(3)8-15;1-3-2/h5-9H,10H2,1-4H3;3H,1H2,2H3/b12-7-;. The molecule has 0 fully saturated rings. The molecule has 0 saturated heterocycles. The van der Waals surface area contributed by atoms with E-state index in [0.717, 1.165) is 22.4 Å². The molecule has 0 unspecified atom stereocenters. The SMILES string of the molecule is C/C(=C/c1c(-c2ccc(C)c(C)c2)cc(C#N)n1C)CCl.C=CC. The van der Waals surface area contributed by atoms with Gasteiger partial charge in [-0.25, -0.2) is 0 Å². The lowest BCUT2D eigenvalue weighted by atomic mass is 10.00. The predicted molar refractivity (Wildman–Crippen MR) is 105 cm³/mol. The third-order valence-corrected chi connectivity index (χ3v) is 4.23. The molecule has 0 amide bonds. The van der Waals surface area contributed by atoms with Crippen LogP contribution in [0.5, 0.6) is 0 Å². The summed E-state index contributed by atoms with van der Waals surface area (Å²) in [4.78, 5) is 0. The van der Waals surface area contributed by atoms with E-state index in [2.05, 4.69) is 50.8 Å². The molecule has 0 aliphatic heterocycles. The summed E-state index contributed by atoms with van der Waals surface area (Å²) >= 11 is 5.90.